The summed E-state index contributed by atoms with van der Waals surface area (Å²) in [4.78, 5) is 5.00. The van der Waals surface area contributed by atoms with E-state index in [0.29, 0.717) is 0 Å². The molecule has 0 fully saturated rings. The molecule has 0 aliphatic heterocycles. The molecule has 0 bridgehead atoms. The van der Waals surface area contributed by atoms with Gasteiger partial charge in [-0.15, -0.1) is 0 Å². The minimum atomic E-state index is 0. The second-order valence-electron chi connectivity index (χ2n) is 4.63. The van der Waals surface area contributed by atoms with Gasteiger partial charge in [0, 0.05) is 0 Å². The fourth-order valence-electron chi connectivity index (χ4n) is 2.46. The van der Waals surface area contributed by atoms with Gasteiger partial charge in [0.2, 0.25) is 0 Å². The standard InChI is InChI=1S/C15H34N3.ClH/c1-7-13-18(14-8-2)15(16(9-3)10-4)17(11-5)12-6;/h7-14H2,1-6H3;1H/q+1;/p-1. The molecule has 3 nitrogen and oxygen atoms in total. The quantitative estimate of drug-likeness (QED) is 0.350. The summed E-state index contributed by atoms with van der Waals surface area (Å²) in [5.41, 5.74) is 0. The molecule has 0 radical (unpaired) electrons. The van der Waals surface area contributed by atoms with Gasteiger partial charge >= 0.3 is 5.96 Å². The number of hydrogen-bond acceptors (Lipinski definition) is 0. The first-order valence-corrected chi connectivity index (χ1v) is 7.81. The Labute approximate surface area is 127 Å². The Morgan fingerprint density at radius 3 is 1.21 bits per heavy atom. The van der Waals surface area contributed by atoms with Crippen molar-refractivity contribution < 1.29 is 17.0 Å². The predicted molar refractivity (Wildman–Crippen MR) is 81.4 cm³/mol. The summed E-state index contributed by atoms with van der Waals surface area (Å²) in [6.45, 7) is 20.2. The van der Waals surface area contributed by atoms with Gasteiger partial charge in [-0.1, -0.05) is 13.8 Å². The monoisotopic (exact) mass is 291 g/mol. The number of halogens is 1. The topological polar surface area (TPSA) is 9.49 Å². The number of nitrogens with zero attached hydrogens (tertiary/aromatic N) is 3. The summed E-state index contributed by atoms with van der Waals surface area (Å²) in [6.07, 6.45) is 2.43. The minimum Gasteiger partial charge on any atom is -1.00 e. The van der Waals surface area contributed by atoms with Crippen LogP contribution in [0.5, 0.6) is 0 Å². The van der Waals surface area contributed by atoms with Gasteiger partial charge in [-0.3, -0.25) is 14.4 Å². The highest BCUT2D eigenvalue weighted by Crippen LogP contribution is 2.02. The van der Waals surface area contributed by atoms with Gasteiger partial charge in [-0.2, -0.15) is 0 Å². The van der Waals surface area contributed by atoms with Crippen molar-refractivity contribution in [2.24, 2.45) is 0 Å². The molecule has 0 saturated heterocycles. The van der Waals surface area contributed by atoms with E-state index in [-0.39, 0.29) is 12.4 Å². The van der Waals surface area contributed by atoms with Crippen molar-refractivity contribution in [3.05, 3.63) is 0 Å². The molecule has 0 aliphatic rings. The third-order valence-electron chi connectivity index (χ3n) is 3.36. The molecule has 0 aromatic carbocycles. The van der Waals surface area contributed by atoms with Crippen LogP contribution in [-0.2, 0) is 0 Å². The summed E-state index contributed by atoms with van der Waals surface area (Å²) in [5, 5.41) is 0. The van der Waals surface area contributed by atoms with E-state index in [0.717, 1.165) is 39.3 Å². The largest absolute Gasteiger partial charge is 1.00 e. The number of hydrogen-bond donors (Lipinski definition) is 0. The van der Waals surface area contributed by atoms with Crippen LogP contribution in [-0.4, -0.2) is 59.6 Å². The highest BCUT2D eigenvalue weighted by molar-refractivity contribution is 5.75. The fraction of sp³-hybridized carbons (Fsp3) is 0.933. The minimum absolute atomic E-state index is 0. The molecule has 0 atom stereocenters. The molecule has 0 aromatic heterocycles. The summed E-state index contributed by atoms with van der Waals surface area (Å²) in [7, 11) is 0. The average Bonchev–Trinajstić information content (AvgIpc) is 2.39. The molecule has 0 heterocycles. The third-order valence-corrected chi connectivity index (χ3v) is 3.36. The van der Waals surface area contributed by atoms with E-state index in [9.17, 15) is 0 Å². The first-order valence-electron chi connectivity index (χ1n) is 7.81. The number of guanidine groups is 1. The molecule has 0 aliphatic carbocycles. The van der Waals surface area contributed by atoms with E-state index in [1.807, 2.05) is 0 Å². The Hall–Kier alpha value is -0.440. The molecule has 0 unspecified atom stereocenters. The molecule has 0 N–H and O–H groups in total. The van der Waals surface area contributed by atoms with Crippen molar-refractivity contribution in [2.45, 2.75) is 54.4 Å². The normalized spacial score (nSPS) is 9.79. The van der Waals surface area contributed by atoms with E-state index in [4.69, 9.17) is 0 Å². The Bertz CT molecular complexity index is 212. The lowest BCUT2D eigenvalue weighted by molar-refractivity contribution is -0.538. The summed E-state index contributed by atoms with van der Waals surface area (Å²) in [6, 6.07) is 0. The lowest BCUT2D eigenvalue weighted by atomic mass is 10.3. The highest BCUT2D eigenvalue weighted by Gasteiger charge is 2.24. The molecule has 0 amide bonds. The molecule has 0 saturated carbocycles. The van der Waals surface area contributed by atoms with Gasteiger partial charge in [0.05, 0.1) is 39.3 Å². The van der Waals surface area contributed by atoms with E-state index in [1.54, 1.807) is 0 Å². The maximum Gasteiger partial charge on any atom is 0.350 e. The van der Waals surface area contributed by atoms with Crippen molar-refractivity contribution in [1.82, 2.24) is 9.80 Å². The van der Waals surface area contributed by atoms with E-state index >= 15 is 0 Å². The van der Waals surface area contributed by atoms with Gasteiger partial charge in [-0.05, 0) is 40.5 Å². The van der Waals surface area contributed by atoms with Crippen molar-refractivity contribution in [1.29, 1.82) is 0 Å². The Balaban J connectivity index is 0. The van der Waals surface area contributed by atoms with Crippen LogP contribution in [0.3, 0.4) is 0 Å². The number of rotatable bonds is 8. The Morgan fingerprint density at radius 1 is 0.684 bits per heavy atom. The van der Waals surface area contributed by atoms with Crippen molar-refractivity contribution >= 4 is 5.96 Å². The van der Waals surface area contributed by atoms with Crippen LogP contribution in [0, 0.1) is 0 Å². The molecule has 0 rings (SSSR count). The SMILES string of the molecule is CCC[N+](CCC)=C(N(CC)CC)N(CC)CC.[Cl-]. The summed E-state index contributed by atoms with van der Waals surface area (Å²) < 4.78 is 2.57. The van der Waals surface area contributed by atoms with Crippen molar-refractivity contribution in [3.63, 3.8) is 0 Å². The van der Waals surface area contributed by atoms with Gasteiger partial charge in [0.15, 0.2) is 0 Å². The van der Waals surface area contributed by atoms with Crippen LogP contribution < -0.4 is 12.4 Å². The average molecular weight is 292 g/mol. The van der Waals surface area contributed by atoms with E-state index in [1.165, 1.54) is 18.8 Å². The van der Waals surface area contributed by atoms with Crippen LogP contribution in [0.1, 0.15) is 54.4 Å². The molecule has 0 aromatic rings. The molecular weight excluding hydrogens is 258 g/mol. The van der Waals surface area contributed by atoms with Gasteiger partial charge in [0.1, 0.15) is 0 Å². The molecular formula is C15H34ClN3. The smallest absolute Gasteiger partial charge is 0.350 e. The zero-order chi connectivity index (χ0) is 14.0. The van der Waals surface area contributed by atoms with Gasteiger partial charge in [0.25, 0.3) is 0 Å². The van der Waals surface area contributed by atoms with Crippen molar-refractivity contribution in [3.8, 4) is 0 Å². The second kappa shape index (κ2) is 12.6. The summed E-state index contributed by atoms with van der Waals surface area (Å²) >= 11 is 0. The molecule has 0 spiro atoms. The van der Waals surface area contributed by atoms with Gasteiger partial charge < -0.3 is 12.4 Å². The fourth-order valence-corrected chi connectivity index (χ4v) is 2.46. The van der Waals surface area contributed by atoms with Crippen molar-refractivity contribution in [2.75, 3.05) is 39.3 Å². The van der Waals surface area contributed by atoms with Gasteiger partial charge in [-0.25, -0.2) is 0 Å². The highest BCUT2D eigenvalue weighted by atomic mass is 35.5. The predicted octanol–water partition coefficient (Wildman–Crippen LogP) is -0.137. The zero-order valence-corrected chi connectivity index (χ0v) is 14.6. The van der Waals surface area contributed by atoms with Crippen LogP contribution >= 0.6 is 0 Å². The lowest BCUT2D eigenvalue weighted by Gasteiger charge is -2.28. The van der Waals surface area contributed by atoms with Crippen LogP contribution in [0.25, 0.3) is 0 Å². The molecule has 19 heavy (non-hydrogen) atoms. The second-order valence-corrected chi connectivity index (χ2v) is 4.63. The molecule has 4 heteroatoms. The van der Waals surface area contributed by atoms with E-state index in [2.05, 4.69) is 55.9 Å². The Morgan fingerprint density at radius 2 is 1.00 bits per heavy atom. The lowest BCUT2D eigenvalue weighted by Crippen LogP contribution is -3.00. The maximum absolute atomic E-state index is 2.57. The van der Waals surface area contributed by atoms with E-state index < -0.39 is 0 Å². The van der Waals surface area contributed by atoms with Crippen LogP contribution in [0.4, 0.5) is 0 Å². The first-order chi connectivity index (χ1) is 8.69. The third kappa shape index (κ3) is 6.51. The zero-order valence-electron chi connectivity index (χ0n) is 13.9. The first kappa shape index (κ1) is 20.9. The maximum atomic E-state index is 2.57. The van der Waals surface area contributed by atoms with Crippen LogP contribution in [0.15, 0.2) is 0 Å². The Kier molecular flexibility index (Phi) is 13.8. The summed E-state index contributed by atoms with van der Waals surface area (Å²) in [5.74, 6) is 1.44. The van der Waals surface area contributed by atoms with Crippen LogP contribution in [0.2, 0.25) is 0 Å². The molecule has 116 valence electrons.